The van der Waals surface area contributed by atoms with Gasteiger partial charge in [-0.25, -0.2) is 0 Å². The van der Waals surface area contributed by atoms with Gasteiger partial charge in [-0.15, -0.1) is 0 Å². The van der Waals surface area contributed by atoms with Gasteiger partial charge >= 0.3 is 0 Å². The van der Waals surface area contributed by atoms with Gasteiger partial charge < -0.3 is 19.5 Å². The van der Waals surface area contributed by atoms with Gasteiger partial charge in [-0.3, -0.25) is 9.89 Å². The maximum atomic E-state index is 13.2. The minimum Gasteiger partial charge on any atom is -0.507 e. The zero-order valence-corrected chi connectivity index (χ0v) is 17.6. The lowest BCUT2D eigenvalue weighted by atomic mass is 9.99. The molecule has 1 aliphatic rings. The van der Waals surface area contributed by atoms with Crippen LogP contribution in [0.2, 0.25) is 0 Å². The number of fused-ring (bicyclic) bond motifs is 1. The van der Waals surface area contributed by atoms with E-state index in [0.29, 0.717) is 28.6 Å². The molecule has 2 aromatic carbocycles. The van der Waals surface area contributed by atoms with Gasteiger partial charge in [0.2, 0.25) is 0 Å². The molecule has 0 spiro atoms. The Bertz CT molecular complexity index is 1070. The summed E-state index contributed by atoms with van der Waals surface area (Å²) in [6, 6.07) is 8.56. The first-order valence-electron chi connectivity index (χ1n) is 10.2. The molecule has 0 unspecified atom stereocenters. The molecular weight excluding hydrogens is 382 g/mol. The smallest absolute Gasteiger partial charge is 0.261 e. The van der Waals surface area contributed by atoms with Crippen molar-refractivity contribution in [1.82, 2.24) is 10.2 Å². The second-order valence-corrected chi connectivity index (χ2v) is 7.85. The first-order chi connectivity index (χ1) is 14.5. The van der Waals surface area contributed by atoms with Crippen molar-refractivity contribution in [2.75, 3.05) is 26.2 Å². The first kappa shape index (κ1) is 20.1. The second kappa shape index (κ2) is 8.26. The predicted molar refractivity (Wildman–Crippen MR) is 116 cm³/mol. The number of rotatable bonds is 6. The summed E-state index contributed by atoms with van der Waals surface area (Å²) in [5, 5.41) is 18.8. The monoisotopic (exact) mass is 409 g/mol. The number of carbonyl (C=O) groups is 1. The van der Waals surface area contributed by atoms with Gasteiger partial charge in [-0.1, -0.05) is 25.7 Å². The zero-order valence-electron chi connectivity index (χ0n) is 17.6. The predicted octanol–water partition coefficient (Wildman–Crippen LogP) is 4.30. The molecule has 1 aromatic heterocycles. The number of aromatic nitrogens is 2. The summed E-state index contributed by atoms with van der Waals surface area (Å²) in [5.41, 5.74) is 2.58. The molecule has 1 heterocycles. The van der Waals surface area contributed by atoms with Gasteiger partial charge in [0.1, 0.15) is 5.75 Å². The number of hydrogen-bond acceptors (Lipinski definition) is 5. The van der Waals surface area contributed by atoms with Crippen LogP contribution in [0.3, 0.4) is 0 Å². The van der Waals surface area contributed by atoms with Crippen LogP contribution in [-0.4, -0.2) is 42.5 Å². The van der Waals surface area contributed by atoms with Crippen molar-refractivity contribution in [3.8, 4) is 17.2 Å². The van der Waals surface area contributed by atoms with Crippen LogP contribution in [-0.2, 0) is 6.42 Å². The minimum absolute atomic E-state index is 0.0845. The molecule has 0 bridgehead atoms. The van der Waals surface area contributed by atoms with Crippen molar-refractivity contribution in [1.29, 1.82) is 0 Å². The number of carbonyl (C=O) groups excluding carboxylic acids is 1. The molecule has 30 heavy (non-hydrogen) atoms. The second-order valence-electron chi connectivity index (χ2n) is 7.85. The number of H-pyrrole nitrogens is 1. The molecule has 0 aliphatic heterocycles. The number of nitrogens with zero attached hydrogens (tertiary/aromatic N) is 2. The number of aromatic amines is 1. The van der Waals surface area contributed by atoms with Crippen LogP contribution in [0.5, 0.6) is 17.2 Å². The van der Waals surface area contributed by atoms with E-state index >= 15 is 0 Å². The molecule has 2 N–H and O–H groups in total. The Morgan fingerprint density at radius 1 is 1.17 bits per heavy atom. The normalized spacial score (nSPS) is 14.2. The first-order valence-corrected chi connectivity index (χ1v) is 10.2. The Morgan fingerprint density at radius 3 is 2.60 bits per heavy atom. The van der Waals surface area contributed by atoms with E-state index in [2.05, 4.69) is 10.2 Å². The highest BCUT2D eigenvalue weighted by atomic mass is 16.5. The van der Waals surface area contributed by atoms with Crippen LogP contribution < -0.4 is 14.4 Å². The van der Waals surface area contributed by atoms with Crippen molar-refractivity contribution >= 4 is 22.5 Å². The van der Waals surface area contributed by atoms with Gasteiger partial charge in [0.05, 0.1) is 25.3 Å². The summed E-state index contributed by atoms with van der Waals surface area (Å²) in [5.74, 6) is 1.37. The highest BCUT2D eigenvalue weighted by molar-refractivity contribution is 6.09. The lowest BCUT2D eigenvalue weighted by molar-refractivity contribution is 0.0990. The van der Waals surface area contributed by atoms with Crippen LogP contribution >= 0.6 is 0 Å². The number of anilines is 1. The summed E-state index contributed by atoms with van der Waals surface area (Å²) in [6.45, 7) is 0. The number of amides is 1. The molecule has 1 saturated carbocycles. The van der Waals surface area contributed by atoms with Gasteiger partial charge in [0.25, 0.3) is 5.91 Å². The molecule has 7 heteroatoms. The lowest BCUT2D eigenvalue weighted by Gasteiger charge is -2.19. The Labute approximate surface area is 175 Å². The summed E-state index contributed by atoms with van der Waals surface area (Å²) >= 11 is 0. The Hall–Kier alpha value is -3.22. The fourth-order valence-corrected chi connectivity index (χ4v) is 4.26. The number of phenols is 1. The highest BCUT2D eigenvalue weighted by Gasteiger charge is 2.23. The van der Waals surface area contributed by atoms with Crippen LogP contribution in [0.25, 0.3) is 10.9 Å². The maximum absolute atomic E-state index is 13.2. The SMILES string of the molecule is COc1ccc(N(C)C(=O)c2cc3c(CC4CCCC4)[nH]nc3cc2O)cc1OC. The third-order valence-corrected chi connectivity index (χ3v) is 6.01. The molecule has 0 radical (unpaired) electrons. The average molecular weight is 409 g/mol. The number of phenolic OH excluding ortho intramolecular Hbond substituents is 1. The van der Waals surface area contributed by atoms with Gasteiger partial charge in [0, 0.05) is 35.9 Å². The molecule has 0 atom stereocenters. The van der Waals surface area contributed by atoms with E-state index in [-0.39, 0.29) is 17.2 Å². The molecule has 158 valence electrons. The molecule has 4 rings (SSSR count). The molecule has 1 amide bonds. The van der Waals surface area contributed by atoms with Crippen molar-refractivity contribution in [3.63, 3.8) is 0 Å². The van der Waals surface area contributed by atoms with Crippen LogP contribution in [0.4, 0.5) is 5.69 Å². The van der Waals surface area contributed by atoms with Gasteiger partial charge in [0.15, 0.2) is 11.5 Å². The van der Waals surface area contributed by atoms with E-state index in [1.165, 1.54) is 30.6 Å². The standard InChI is InChI=1S/C23H27N3O4/c1-26(15-8-9-21(29-2)22(11-15)30-3)23(28)17-12-16-18(10-14-6-4-5-7-14)24-25-19(16)13-20(17)27/h8-9,11-14,27H,4-7,10H2,1-3H3,(H,24,25). The topological polar surface area (TPSA) is 87.7 Å². The van der Waals surface area contributed by atoms with Crippen molar-refractivity contribution in [2.45, 2.75) is 32.1 Å². The summed E-state index contributed by atoms with van der Waals surface area (Å²) in [7, 11) is 4.78. The lowest BCUT2D eigenvalue weighted by Crippen LogP contribution is -2.26. The number of benzene rings is 2. The molecule has 0 saturated heterocycles. The minimum atomic E-state index is -0.311. The third kappa shape index (κ3) is 3.67. The number of nitrogens with one attached hydrogen (secondary N) is 1. The fourth-order valence-electron chi connectivity index (χ4n) is 4.26. The molecule has 1 aliphatic carbocycles. The van der Waals surface area contributed by atoms with E-state index < -0.39 is 0 Å². The van der Waals surface area contributed by atoms with E-state index in [0.717, 1.165) is 17.5 Å². The largest absolute Gasteiger partial charge is 0.507 e. The Balaban J connectivity index is 1.65. The number of methoxy groups -OCH3 is 2. The molecule has 1 fully saturated rings. The van der Waals surface area contributed by atoms with E-state index in [4.69, 9.17) is 9.47 Å². The van der Waals surface area contributed by atoms with E-state index in [9.17, 15) is 9.90 Å². The van der Waals surface area contributed by atoms with Crippen LogP contribution in [0.15, 0.2) is 30.3 Å². The quantitative estimate of drug-likeness (QED) is 0.634. The summed E-state index contributed by atoms with van der Waals surface area (Å²) in [4.78, 5) is 14.7. The molecule has 7 nitrogen and oxygen atoms in total. The Morgan fingerprint density at radius 2 is 1.90 bits per heavy atom. The number of aromatic hydroxyl groups is 1. The fraction of sp³-hybridized carbons (Fsp3) is 0.391. The zero-order chi connectivity index (χ0) is 21.3. The molecular formula is C23H27N3O4. The number of hydrogen-bond donors (Lipinski definition) is 2. The maximum Gasteiger partial charge on any atom is 0.261 e. The highest BCUT2D eigenvalue weighted by Crippen LogP contribution is 2.34. The van der Waals surface area contributed by atoms with Crippen LogP contribution in [0, 0.1) is 5.92 Å². The van der Waals surface area contributed by atoms with E-state index in [1.807, 2.05) is 0 Å². The van der Waals surface area contributed by atoms with Crippen molar-refractivity contribution in [2.24, 2.45) is 5.92 Å². The Kier molecular flexibility index (Phi) is 5.53. The van der Waals surface area contributed by atoms with Gasteiger partial charge in [-0.05, 0) is 30.5 Å². The third-order valence-electron chi connectivity index (χ3n) is 6.01. The average Bonchev–Trinajstić information content (AvgIpc) is 3.42. The van der Waals surface area contributed by atoms with E-state index in [1.54, 1.807) is 51.6 Å². The summed E-state index contributed by atoms with van der Waals surface area (Å²) < 4.78 is 10.6. The summed E-state index contributed by atoms with van der Waals surface area (Å²) in [6.07, 6.45) is 5.92. The van der Waals surface area contributed by atoms with Crippen LogP contribution in [0.1, 0.15) is 41.7 Å². The van der Waals surface area contributed by atoms with Gasteiger partial charge in [-0.2, -0.15) is 5.10 Å². The number of ether oxygens (including phenoxy) is 2. The van der Waals surface area contributed by atoms with Crippen molar-refractivity contribution < 1.29 is 19.4 Å². The molecule has 3 aromatic rings. The van der Waals surface area contributed by atoms with Crippen molar-refractivity contribution in [3.05, 3.63) is 41.6 Å².